The zero-order valence-corrected chi connectivity index (χ0v) is 15.1. The van der Waals surface area contributed by atoms with Crippen molar-refractivity contribution in [2.75, 3.05) is 13.2 Å². The minimum Gasteiger partial charge on any atom is -0.464 e. The quantitative estimate of drug-likeness (QED) is 0.153. The van der Waals surface area contributed by atoms with E-state index in [2.05, 4.69) is 10.2 Å². The zero-order chi connectivity index (χ0) is 19.2. The maximum atomic E-state index is 11.8. The summed E-state index contributed by atoms with van der Waals surface area (Å²) in [6.07, 6.45) is 8.12. The lowest BCUT2D eigenvalue weighted by Gasteiger charge is -2.08. The molecule has 1 saturated heterocycles. The molecule has 1 aliphatic rings. The van der Waals surface area contributed by atoms with Gasteiger partial charge in [0.1, 0.15) is 11.8 Å². The van der Waals surface area contributed by atoms with Gasteiger partial charge in [-0.05, 0) is 12.8 Å². The number of cyclic esters (lactones) is 1. The summed E-state index contributed by atoms with van der Waals surface area (Å²) in [4.78, 5) is 48.9. The third-order valence-corrected chi connectivity index (χ3v) is 4.17. The fourth-order valence-electron chi connectivity index (χ4n) is 2.76. The molecule has 26 heavy (non-hydrogen) atoms. The monoisotopic (exact) mass is 372 g/mol. The van der Waals surface area contributed by atoms with Crippen LogP contribution in [0.15, 0.2) is 0 Å². The van der Waals surface area contributed by atoms with E-state index in [0.29, 0.717) is 25.9 Å². The maximum Gasteiger partial charge on any atom is 0.328 e. The number of nitrogens with one attached hydrogen (secondary N) is 1. The van der Waals surface area contributed by atoms with Gasteiger partial charge in [-0.2, -0.15) is 0 Å². The van der Waals surface area contributed by atoms with E-state index in [9.17, 15) is 24.5 Å². The van der Waals surface area contributed by atoms with Gasteiger partial charge in [-0.15, -0.1) is 10.1 Å². The molecular weight excluding hydrogens is 344 g/mol. The molecule has 0 aliphatic carbocycles. The molecule has 9 nitrogen and oxygen atoms in total. The van der Waals surface area contributed by atoms with Gasteiger partial charge in [0.15, 0.2) is 0 Å². The van der Waals surface area contributed by atoms with Crippen LogP contribution in [-0.2, 0) is 24.0 Å². The van der Waals surface area contributed by atoms with Crippen LogP contribution >= 0.6 is 0 Å². The van der Waals surface area contributed by atoms with Crippen molar-refractivity contribution in [3.63, 3.8) is 0 Å². The van der Waals surface area contributed by atoms with Crippen LogP contribution in [0.3, 0.4) is 0 Å². The summed E-state index contributed by atoms with van der Waals surface area (Å²) in [6.45, 7) is 0.467. The second-order valence-electron chi connectivity index (χ2n) is 6.43. The van der Waals surface area contributed by atoms with Crippen molar-refractivity contribution in [2.24, 2.45) is 0 Å². The Hall–Kier alpha value is -2.19. The van der Waals surface area contributed by atoms with Crippen LogP contribution in [0, 0.1) is 10.1 Å². The molecule has 0 aromatic rings. The van der Waals surface area contributed by atoms with Crippen LogP contribution in [0.1, 0.15) is 70.6 Å². The molecule has 0 bridgehead atoms. The zero-order valence-electron chi connectivity index (χ0n) is 15.1. The number of carbonyl (C=O) groups is 3. The van der Waals surface area contributed by atoms with Gasteiger partial charge in [0, 0.05) is 12.8 Å². The van der Waals surface area contributed by atoms with Crippen molar-refractivity contribution >= 4 is 17.7 Å². The summed E-state index contributed by atoms with van der Waals surface area (Å²) >= 11 is 0. The van der Waals surface area contributed by atoms with E-state index >= 15 is 0 Å². The van der Waals surface area contributed by atoms with Gasteiger partial charge < -0.3 is 14.9 Å². The lowest BCUT2D eigenvalue weighted by molar-refractivity contribution is -0.757. The van der Waals surface area contributed by atoms with Crippen LogP contribution in [0.2, 0.25) is 0 Å². The van der Waals surface area contributed by atoms with Gasteiger partial charge in [0.05, 0.1) is 19.6 Å². The molecule has 1 rings (SSSR count). The third kappa shape index (κ3) is 10.6. The van der Waals surface area contributed by atoms with E-state index < -0.39 is 23.0 Å². The minimum absolute atomic E-state index is 0.111. The predicted molar refractivity (Wildman–Crippen MR) is 91.6 cm³/mol. The molecule has 0 aromatic heterocycles. The molecule has 0 saturated carbocycles. The molecule has 1 unspecified atom stereocenters. The fourth-order valence-corrected chi connectivity index (χ4v) is 2.76. The largest absolute Gasteiger partial charge is 0.464 e. The standard InChI is InChI=1S/C17H28N2O7/c20-14(13-16(21)18-15-10-12-25-17(15)22)9-7-5-3-1-2-4-6-8-11-26-19(23)24/h15H,1-13H2,(H,18,21). The van der Waals surface area contributed by atoms with Crippen molar-refractivity contribution in [1.82, 2.24) is 5.32 Å². The smallest absolute Gasteiger partial charge is 0.328 e. The van der Waals surface area contributed by atoms with Crippen molar-refractivity contribution in [3.05, 3.63) is 10.1 Å². The molecule has 0 spiro atoms. The first-order valence-electron chi connectivity index (χ1n) is 9.24. The number of Topliss-reactive ketones (excluding diaryl/α,β-unsaturated/α-hetero) is 1. The summed E-state index contributed by atoms with van der Waals surface area (Å²) in [6, 6.07) is -0.610. The lowest BCUT2D eigenvalue weighted by atomic mass is 10.0. The Morgan fingerprint density at radius 1 is 1.12 bits per heavy atom. The van der Waals surface area contributed by atoms with Crippen LogP contribution in [-0.4, -0.2) is 42.0 Å². The van der Waals surface area contributed by atoms with Crippen LogP contribution in [0.4, 0.5) is 0 Å². The second kappa shape index (κ2) is 13.1. The average molecular weight is 372 g/mol. The Labute approximate surface area is 152 Å². The Kier molecular flexibility index (Phi) is 11.0. The Bertz CT molecular complexity index is 482. The second-order valence-corrected chi connectivity index (χ2v) is 6.43. The first kappa shape index (κ1) is 21.9. The molecular formula is C17H28N2O7. The lowest BCUT2D eigenvalue weighted by Crippen LogP contribution is -2.38. The highest BCUT2D eigenvalue weighted by molar-refractivity contribution is 5.99. The highest BCUT2D eigenvalue weighted by atomic mass is 16.9. The number of carbonyl (C=O) groups excluding carboxylic acids is 3. The molecule has 1 atom stereocenters. The molecule has 148 valence electrons. The van der Waals surface area contributed by atoms with E-state index in [1.165, 1.54) is 0 Å². The van der Waals surface area contributed by atoms with E-state index in [0.717, 1.165) is 44.9 Å². The molecule has 1 heterocycles. The topological polar surface area (TPSA) is 125 Å². The Morgan fingerprint density at radius 3 is 2.31 bits per heavy atom. The molecule has 9 heteroatoms. The number of hydrogen-bond donors (Lipinski definition) is 1. The van der Waals surface area contributed by atoms with Crippen molar-refractivity contribution in [3.8, 4) is 0 Å². The number of ether oxygens (including phenoxy) is 1. The predicted octanol–water partition coefficient (Wildman–Crippen LogP) is 2.10. The van der Waals surface area contributed by atoms with Gasteiger partial charge in [-0.3, -0.25) is 9.59 Å². The number of unbranched alkanes of at least 4 members (excludes halogenated alkanes) is 7. The normalized spacial score (nSPS) is 16.2. The summed E-state index contributed by atoms with van der Waals surface area (Å²) in [5.74, 6) is -0.962. The Morgan fingerprint density at radius 2 is 1.73 bits per heavy atom. The summed E-state index contributed by atoms with van der Waals surface area (Å²) in [5, 5.41) is 11.7. The highest BCUT2D eigenvalue weighted by Gasteiger charge is 2.28. The molecule has 1 N–H and O–H groups in total. The van der Waals surface area contributed by atoms with E-state index in [4.69, 9.17) is 4.74 Å². The van der Waals surface area contributed by atoms with Gasteiger partial charge in [0.25, 0.3) is 5.09 Å². The summed E-state index contributed by atoms with van der Waals surface area (Å²) < 4.78 is 4.75. The summed E-state index contributed by atoms with van der Waals surface area (Å²) in [5.41, 5.74) is 0. The van der Waals surface area contributed by atoms with Crippen molar-refractivity contribution < 1.29 is 29.0 Å². The van der Waals surface area contributed by atoms with E-state index in [1.807, 2.05) is 0 Å². The number of amides is 1. The fraction of sp³-hybridized carbons (Fsp3) is 0.824. The number of hydrogen-bond acceptors (Lipinski definition) is 7. The molecule has 0 aromatic carbocycles. The van der Waals surface area contributed by atoms with Crippen LogP contribution in [0.5, 0.6) is 0 Å². The van der Waals surface area contributed by atoms with Gasteiger partial charge in [0.2, 0.25) is 5.91 Å². The van der Waals surface area contributed by atoms with Crippen LogP contribution < -0.4 is 5.32 Å². The number of nitrogens with zero attached hydrogens (tertiary/aromatic N) is 1. The van der Waals surface area contributed by atoms with E-state index in [1.54, 1.807) is 0 Å². The summed E-state index contributed by atoms with van der Waals surface area (Å²) in [7, 11) is 0. The first-order chi connectivity index (χ1) is 12.5. The SMILES string of the molecule is O=C(CCCCCCCCCCO[N+](=O)[O-])CC(=O)NC1CCOC1=O. The third-order valence-electron chi connectivity index (χ3n) is 4.17. The minimum atomic E-state index is -0.770. The van der Waals surface area contributed by atoms with Gasteiger partial charge >= 0.3 is 5.97 Å². The van der Waals surface area contributed by atoms with Crippen molar-refractivity contribution in [1.29, 1.82) is 0 Å². The first-order valence-corrected chi connectivity index (χ1v) is 9.24. The molecule has 0 radical (unpaired) electrons. The number of esters is 1. The van der Waals surface area contributed by atoms with Crippen LogP contribution in [0.25, 0.3) is 0 Å². The molecule has 1 fully saturated rings. The van der Waals surface area contributed by atoms with Gasteiger partial charge in [-0.1, -0.05) is 38.5 Å². The van der Waals surface area contributed by atoms with Crippen molar-refractivity contribution in [2.45, 2.75) is 76.7 Å². The maximum absolute atomic E-state index is 11.8. The Balaban J connectivity index is 1.89. The van der Waals surface area contributed by atoms with Gasteiger partial charge in [-0.25, -0.2) is 4.79 Å². The molecule has 1 amide bonds. The average Bonchev–Trinajstić information content (AvgIpc) is 2.97. The van der Waals surface area contributed by atoms with E-state index in [-0.39, 0.29) is 18.8 Å². The number of rotatable bonds is 15. The highest BCUT2D eigenvalue weighted by Crippen LogP contribution is 2.11. The number of ketones is 1. The molecule has 1 aliphatic heterocycles.